The van der Waals surface area contributed by atoms with Crippen LogP contribution < -0.4 is 19.5 Å². The van der Waals surface area contributed by atoms with E-state index in [0.29, 0.717) is 23.3 Å². The van der Waals surface area contributed by atoms with E-state index < -0.39 is 29.3 Å². The molecule has 0 saturated heterocycles. The molecule has 0 bridgehead atoms. The molecule has 0 saturated carbocycles. The highest BCUT2D eigenvalue weighted by molar-refractivity contribution is 6.30. The van der Waals surface area contributed by atoms with E-state index in [9.17, 15) is 24.0 Å². The van der Waals surface area contributed by atoms with E-state index in [0.717, 1.165) is 19.3 Å². The smallest absolute Gasteiger partial charge is 0.343 e. The van der Waals surface area contributed by atoms with Gasteiger partial charge in [0.25, 0.3) is 5.91 Å². The van der Waals surface area contributed by atoms with Gasteiger partial charge in [-0.15, -0.1) is 11.6 Å². The maximum absolute atomic E-state index is 12.7. The van der Waals surface area contributed by atoms with Gasteiger partial charge < -0.3 is 24.3 Å². The number of nitrogens with one attached hydrogen (secondary N) is 1. The molecule has 0 spiro atoms. The average Bonchev–Trinajstić information content (AvgIpc) is 3.16. The lowest BCUT2D eigenvalue weighted by Gasteiger charge is -2.11. The number of hydrogen-bond acceptors (Lipinski definition) is 9. The third kappa shape index (κ3) is 13.3. The summed E-state index contributed by atoms with van der Waals surface area (Å²) in [4.78, 5) is 61.9. The van der Waals surface area contributed by atoms with E-state index in [1.54, 1.807) is 66.7 Å². The minimum absolute atomic E-state index is 0.141. The van der Waals surface area contributed by atoms with Gasteiger partial charge in [-0.2, -0.15) is 0 Å². The first-order valence-electron chi connectivity index (χ1n) is 17.3. The number of unbranched alkanes of at least 4 members (excludes halogenated alkanes) is 6. The van der Waals surface area contributed by atoms with Crippen molar-refractivity contribution in [3.05, 3.63) is 125 Å². The number of rotatable bonds is 19. The van der Waals surface area contributed by atoms with Crippen molar-refractivity contribution in [3.8, 4) is 17.2 Å². The van der Waals surface area contributed by atoms with Gasteiger partial charge in [0, 0.05) is 5.56 Å². The summed E-state index contributed by atoms with van der Waals surface area (Å²) in [6, 6.07) is 26.9. The average molecular weight is 728 g/mol. The van der Waals surface area contributed by atoms with Crippen molar-refractivity contribution < 1.29 is 42.9 Å². The number of amides is 1. The van der Waals surface area contributed by atoms with Crippen molar-refractivity contribution >= 4 is 41.4 Å². The van der Waals surface area contributed by atoms with Gasteiger partial charge in [0.15, 0.2) is 0 Å². The molecule has 10 nitrogen and oxygen atoms in total. The van der Waals surface area contributed by atoms with Gasteiger partial charge in [-0.3, -0.25) is 9.59 Å². The Morgan fingerprint density at radius 1 is 0.596 bits per heavy atom. The zero-order chi connectivity index (χ0) is 37.1. The Hall–Kier alpha value is -5.48. The van der Waals surface area contributed by atoms with Gasteiger partial charge >= 0.3 is 23.9 Å². The van der Waals surface area contributed by atoms with Crippen LogP contribution in [0.5, 0.6) is 17.2 Å². The third-order valence-corrected chi connectivity index (χ3v) is 8.18. The van der Waals surface area contributed by atoms with Gasteiger partial charge in [-0.1, -0.05) is 75.8 Å². The minimum Gasteiger partial charge on any atom is -0.462 e. The number of carbonyl (C=O) groups excluding carboxylic acids is 5. The molecule has 0 aliphatic carbocycles. The maximum Gasteiger partial charge on any atom is 0.343 e. The molecule has 11 heteroatoms. The summed E-state index contributed by atoms with van der Waals surface area (Å²) >= 11 is 6.32. The molecule has 0 aromatic heterocycles. The Kier molecular flexibility index (Phi) is 15.9. The SMILES string of the molecule is CCCCCCCCCOC(=O)c1ccc(OC(=O)c2ccc(OC(=O)C(Cl)Cc3ccc(OC(=O)CNC(=O)c4ccccc4)cc3)cc2)cc1. The van der Waals surface area contributed by atoms with Crippen LogP contribution in [0.15, 0.2) is 103 Å². The molecule has 4 rings (SSSR count). The Morgan fingerprint density at radius 2 is 1.13 bits per heavy atom. The van der Waals surface area contributed by atoms with Crippen molar-refractivity contribution in [1.82, 2.24) is 5.32 Å². The molecule has 1 unspecified atom stereocenters. The van der Waals surface area contributed by atoms with E-state index in [4.69, 9.17) is 30.5 Å². The van der Waals surface area contributed by atoms with E-state index in [2.05, 4.69) is 12.2 Å². The van der Waals surface area contributed by atoms with Crippen molar-refractivity contribution in [2.75, 3.05) is 13.2 Å². The summed E-state index contributed by atoms with van der Waals surface area (Å²) in [5.74, 6) is -2.07. The zero-order valence-electron chi connectivity index (χ0n) is 29.0. The molecule has 272 valence electrons. The Balaban J connectivity index is 1.15. The fraction of sp³-hybridized carbons (Fsp3) is 0.293. The van der Waals surface area contributed by atoms with Gasteiger partial charge in [-0.05, 0) is 91.2 Å². The summed E-state index contributed by atoms with van der Waals surface area (Å²) in [6.45, 7) is 2.25. The molecule has 0 radical (unpaired) electrons. The monoisotopic (exact) mass is 727 g/mol. The highest BCUT2D eigenvalue weighted by Crippen LogP contribution is 2.20. The summed E-state index contributed by atoms with van der Waals surface area (Å²) in [5, 5.41) is 1.48. The zero-order valence-corrected chi connectivity index (χ0v) is 29.8. The van der Waals surface area contributed by atoms with Crippen molar-refractivity contribution in [2.24, 2.45) is 0 Å². The molecular weight excluding hydrogens is 686 g/mol. The summed E-state index contributed by atoms with van der Waals surface area (Å²) in [7, 11) is 0. The lowest BCUT2D eigenvalue weighted by Crippen LogP contribution is -2.31. The molecule has 0 aliphatic heterocycles. The molecule has 4 aromatic carbocycles. The number of halogens is 1. The molecule has 1 amide bonds. The first-order chi connectivity index (χ1) is 25.2. The Labute approximate surface area is 308 Å². The quantitative estimate of drug-likeness (QED) is 0.0443. The van der Waals surface area contributed by atoms with Crippen LogP contribution in [-0.2, 0) is 20.7 Å². The Morgan fingerprint density at radius 3 is 1.77 bits per heavy atom. The second-order valence-corrected chi connectivity index (χ2v) is 12.5. The van der Waals surface area contributed by atoms with E-state index in [1.807, 2.05) is 0 Å². The standard InChI is InChI=1S/C41H42ClNO9/c1-2-3-4-5-6-7-11-26-49-39(46)31-16-22-34(23-17-31)51-40(47)32-18-24-35(25-19-32)52-41(48)36(42)27-29-14-20-33(21-15-29)50-37(44)28-43-38(45)30-12-9-8-10-13-30/h8-10,12-25,36H,2-7,11,26-28H2,1H3,(H,43,45). The number of alkyl halides is 1. The predicted octanol–water partition coefficient (Wildman–Crippen LogP) is 7.90. The van der Waals surface area contributed by atoms with Crippen LogP contribution in [0, 0.1) is 0 Å². The molecule has 4 aromatic rings. The van der Waals surface area contributed by atoms with Crippen LogP contribution in [0.1, 0.15) is 88.5 Å². The molecule has 1 N–H and O–H groups in total. The summed E-state index contributed by atoms with van der Waals surface area (Å²) < 4.78 is 21.4. The summed E-state index contributed by atoms with van der Waals surface area (Å²) in [6.07, 6.45) is 8.06. The summed E-state index contributed by atoms with van der Waals surface area (Å²) in [5.41, 5.74) is 1.72. The van der Waals surface area contributed by atoms with E-state index in [-0.39, 0.29) is 41.7 Å². The third-order valence-electron chi connectivity index (χ3n) is 7.85. The normalized spacial score (nSPS) is 11.2. The lowest BCUT2D eigenvalue weighted by molar-refractivity contribution is -0.134. The fourth-order valence-corrected chi connectivity index (χ4v) is 5.19. The first-order valence-corrected chi connectivity index (χ1v) is 17.7. The second kappa shape index (κ2) is 21.0. The van der Waals surface area contributed by atoms with Gasteiger partial charge in [0.05, 0.1) is 17.7 Å². The van der Waals surface area contributed by atoms with Crippen LogP contribution in [-0.4, -0.2) is 48.3 Å². The van der Waals surface area contributed by atoms with E-state index in [1.165, 1.54) is 62.1 Å². The van der Waals surface area contributed by atoms with Crippen molar-refractivity contribution in [1.29, 1.82) is 0 Å². The number of ether oxygens (including phenoxy) is 4. The molecule has 0 fully saturated rings. The van der Waals surface area contributed by atoms with E-state index >= 15 is 0 Å². The molecular formula is C41H42ClNO9. The largest absolute Gasteiger partial charge is 0.462 e. The highest BCUT2D eigenvalue weighted by Gasteiger charge is 2.20. The van der Waals surface area contributed by atoms with Gasteiger partial charge in [0.1, 0.15) is 29.2 Å². The molecule has 0 heterocycles. The van der Waals surface area contributed by atoms with Crippen LogP contribution in [0.3, 0.4) is 0 Å². The number of hydrogen-bond donors (Lipinski definition) is 1. The maximum atomic E-state index is 12.7. The van der Waals surface area contributed by atoms with Gasteiger partial charge in [0.2, 0.25) is 0 Å². The first kappa shape index (κ1) is 39.3. The Bertz CT molecular complexity index is 1760. The van der Waals surface area contributed by atoms with Crippen LogP contribution in [0.25, 0.3) is 0 Å². The number of esters is 4. The lowest BCUT2D eigenvalue weighted by atomic mass is 10.1. The highest BCUT2D eigenvalue weighted by atomic mass is 35.5. The van der Waals surface area contributed by atoms with Crippen molar-refractivity contribution in [2.45, 2.75) is 63.7 Å². The number of carbonyl (C=O) groups is 5. The fourth-order valence-electron chi connectivity index (χ4n) is 4.97. The second-order valence-electron chi connectivity index (χ2n) is 12.0. The topological polar surface area (TPSA) is 134 Å². The van der Waals surface area contributed by atoms with Gasteiger partial charge in [-0.25, -0.2) is 14.4 Å². The van der Waals surface area contributed by atoms with Crippen LogP contribution >= 0.6 is 11.6 Å². The molecule has 1 atom stereocenters. The molecule has 52 heavy (non-hydrogen) atoms. The van der Waals surface area contributed by atoms with Crippen LogP contribution in [0.2, 0.25) is 0 Å². The van der Waals surface area contributed by atoms with Crippen molar-refractivity contribution in [3.63, 3.8) is 0 Å². The van der Waals surface area contributed by atoms with Crippen LogP contribution in [0.4, 0.5) is 0 Å². The number of benzene rings is 4. The predicted molar refractivity (Wildman–Crippen MR) is 196 cm³/mol. The minimum atomic E-state index is -1.02. The molecule has 0 aliphatic rings.